The Morgan fingerprint density at radius 2 is 1.93 bits per heavy atom. The zero-order valence-corrected chi connectivity index (χ0v) is 15.6. The van der Waals surface area contributed by atoms with Gasteiger partial charge < -0.3 is 10.1 Å². The van der Waals surface area contributed by atoms with E-state index in [-0.39, 0.29) is 11.9 Å². The first-order valence-corrected chi connectivity index (χ1v) is 9.58. The van der Waals surface area contributed by atoms with Gasteiger partial charge in [-0.15, -0.1) is 5.10 Å². The number of ether oxygens (including phenoxy) is 1. The van der Waals surface area contributed by atoms with Crippen LogP contribution < -0.4 is 10.1 Å². The molecule has 0 aliphatic heterocycles. The molecule has 0 radical (unpaired) electrons. The molecule has 0 bridgehead atoms. The number of carbonyl (C=O) groups excluding carboxylic acids is 1. The molecular weight excluding hydrogens is 362 g/mol. The van der Waals surface area contributed by atoms with Gasteiger partial charge in [-0.3, -0.25) is 4.79 Å². The summed E-state index contributed by atoms with van der Waals surface area (Å²) in [5, 5.41) is 15.2. The fourth-order valence-electron chi connectivity index (χ4n) is 2.72. The summed E-state index contributed by atoms with van der Waals surface area (Å²) < 4.78 is 7.02. The lowest BCUT2D eigenvalue weighted by molar-refractivity contribution is -0.120. The highest BCUT2D eigenvalue weighted by atomic mass is 32.2. The van der Waals surface area contributed by atoms with Crippen molar-refractivity contribution in [2.45, 2.75) is 29.3 Å². The van der Waals surface area contributed by atoms with Crippen LogP contribution in [-0.2, 0) is 4.79 Å². The average molecular weight is 381 g/mol. The number of hydrogen-bond donors (Lipinski definition) is 1. The maximum Gasteiger partial charge on any atom is 0.238 e. The van der Waals surface area contributed by atoms with E-state index in [9.17, 15) is 4.79 Å². The molecule has 1 atom stereocenters. The van der Waals surface area contributed by atoms with E-state index in [1.807, 2.05) is 54.6 Å². The number of nitrogens with zero attached hydrogens (tertiary/aromatic N) is 4. The van der Waals surface area contributed by atoms with Crippen LogP contribution in [0.1, 0.15) is 23.7 Å². The van der Waals surface area contributed by atoms with Crippen LogP contribution in [0.4, 0.5) is 0 Å². The molecule has 1 aliphatic rings. The quantitative estimate of drug-likeness (QED) is 0.634. The number of carbonyl (C=O) groups is 1. The van der Waals surface area contributed by atoms with E-state index in [1.54, 1.807) is 11.8 Å². The molecule has 1 aromatic heterocycles. The summed E-state index contributed by atoms with van der Waals surface area (Å²) in [5.74, 6) is 0.633. The van der Waals surface area contributed by atoms with E-state index in [1.165, 1.54) is 11.8 Å². The fraction of sp³-hybridized carbons (Fsp3) is 0.263. The summed E-state index contributed by atoms with van der Waals surface area (Å²) in [6, 6.07) is 17.5. The molecule has 1 heterocycles. The molecule has 8 heteroatoms. The van der Waals surface area contributed by atoms with Crippen molar-refractivity contribution in [3.63, 3.8) is 0 Å². The van der Waals surface area contributed by atoms with Gasteiger partial charge in [0.25, 0.3) is 0 Å². The van der Waals surface area contributed by atoms with Crippen LogP contribution in [0.25, 0.3) is 5.69 Å². The van der Waals surface area contributed by atoms with Crippen molar-refractivity contribution < 1.29 is 9.53 Å². The number of hydrogen-bond acceptors (Lipinski definition) is 6. The van der Waals surface area contributed by atoms with Gasteiger partial charge in [-0.1, -0.05) is 54.2 Å². The third kappa shape index (κ3) is 3.95. The number of rotatable bonds is 7. The van der Waals surface area contributed by atoms with Crippen molar-refractivity contribution >= 4 is 17.7 Å². The van der Waals surface area contributed by atoms with E-state index < -0.39 is 5.25 Å². The molecular formula is C19H19N5O2S. The highest BCUT2D eigenvalue weighted by molar-refractivity contribution is 8.00. The molecule has 1 amide bonds. The van der Waals surface area contributed by atoms with Gasteiger partial charge in [-0.25, -0.2) is 0 Å². The van der Waals surface area contributed by atoms with E-state index in [4.69, 9.17) is 4.74 Å². The Morgan fingerprint density at radius 1 is 1.19 bits per heavy atom. The SMILES string of the molecule is COc1ccccc1-n1nnnc1SC(C(=O)NC1CC1)c1ccccc1. The van der Waals surface area contributed by atoms with E-state index in [0.29, 0.717) is 10.9 Å². The van der Waals surface area contributed by atoms with Crippen LogP contribution in [0, 0.1) is 0 Å². The Balaban J connectivity index is 1.66. The second-order valence-corrected chi connectivity index (χ2v) is 7.31. The Morgan fingerprint density at radius 3 is 2.67 bits per heavy atom. The minimum Gasteiger partial charge on any atom is -0.494 e. The third-order valence-corrected chi connectivity index (χ3v) is 5.43. The first-order chi connectivity index (χ1) is 13.3. The van der Waals surface area contributed by atoms with Gasteiger partial charge in [-0.2, -0.15) is 4.68 Å². The summed E-state index contributed by atoms with van der Waals surface area (Å²) in [4.78, 5) is 12.9. The normalized spacial score (nSPS) is 14.6. The lowest BCUT2D eigenvalue weighted by Crippen LogP contribution is -2.30. The van der Waals surface area contributed by atoms with Crippen molar-refractivity contribution in [1.82, 2.24) is 25.5 Å². The highest BCUT2D eigenvalue weighted by Crippen LogP contribution is 2.36. The van der Waals surface area contributed by atoms with Gasteiger partial charge in [0.15, 0.2) is 0 Å². The average Bonchev–Trinajstić information content (AvgIpc) is 3.40. The molecule has 138 valence electrons. The van der Waals surface area contributed by atoms with Gasteiger partial charge in [0, 0.05) is 6.04 Å². The zero-order valence-electron chi connectivity index (χ0n) is 14.8. The first kappa shape index (κ1) is 17.5. The minimum absolute atomic E-state index is 0.0247. The molecule has 1 fully saturated rings. The number of para-hydroxylation sites is 2. The molecule has 3 aromatic rings. The molecule has 1 saturated carbocycles. The van der Waals surface area contributed by atoms with Gasteiger partial charge in [-0.05, 0) is 41.0 Å². The van der Waals surface area contributed by atoms with E-state index in [2.05, 4.69) is 20.8 Å². The van der Waals surface area contributed by atoms with Crippen LogP contribution >= 0.6 is 11.8 Å². The maximum absolute atomic E-state index is 12.9. The van der Waals surface area contributed by atoms with Gasteiger partial charge in [0.2, 0.25) is 11.1 Å². The number of nitrogens with one attached hydrogen (secondary N) is 1. The Bertz CT molecular complexity index is 927. The second kappa shape index (κ2) is 7.79. The lowest BCUT2D eigenvalue weighted by atomic mass is 10.1. The molecule has 1 N–H and O–H groups in total. The third-order valence-electron chi connectivity index (χ3n) is 4.24. The van der Waals surface area contributed by atoms with Crippen LogP contribution in [0.15, 0.2) is 59.8 Å². The second-order valence-electron chi connectivity index (χ2n) is 6.24. The highest BCUT2D eigenvalue weighted by Gasteiger charge is 2.30. The van der Waals surface area contributed by atoms with Gasteiger partial charge >= 0.3 is 0 Å². The smallest absolute Gasteiger partial charge is 0.238 e. The Hall–Kier alpha value is -2.87. The summed E-state index contributed by atoms with van der Waals surface area (Å²) in [6.07, 6.45) is 2.08. The van der Waals surface area contributed by atoms with Crippen molar-refractivity contribution in [1.29, 1.82) is 0 Å². The van der Waals surface area contributed by atoms with Crippen molar-refractivity contribution in [2.75, 3.05) is 7.11 Å². The number of aromatic nitrogens is 4. The topological polar surface area (TPSA) is 81.9 Å². The molecule has 2 aromatic carbocycles. The summed E-state index contributed by atoms with van der Waals surface area (Å²) in [7, 11) is 1.60. The molecule has 0 spiro atoms. The van der Waals surface area contributed by atoms with Crippen LogP contribution in [0.5, 0.6) is 5.75 Å². The molecule has 4 rings (SSSR count). The van der Waals surface area contributed by atoms with Crippen molar-refractivity contribution in [3.8, 4) is 11.4 Å². The lowest BCUT2D eigenvalue weighted by Gasteiger charge is -2.16. The Kier molecular flexibility index (Phi) is 5.06. The molecule has 7 nitrogen and oxygen atoms in total. The predicted molar refractivity (Wildman–Crippen MR) is 102 cm³/mol. The van der Waals surface area contributed by atoms with Gasteiger partial charge in [0.1, 0.15) is 16.7 Å². The number of thioether (sulfide) groups is 1. The van der Waals surface area contributed by atoms with E-state index >= 15 is 0 Å². The number of amides is 1. The molecule has 1 aliphatic carbocycles. The summed E-state index contributed by atoms with van der Waals surface area (Å²) in [5.41, 5.74) is 1.64. The fourth-order valence-corrected chi connectivity index (χ4v) is 3.72. The Labute approximate surface area is 161 Å². The monoisotopic (exact) mass is 381 g/mol. The summed E-state index contributed by atoms with van der Waals surface area (Å²) in [6.45, 7) is 0. The van der Waals surface area contributed by atoms with Crippen LogP contribution in [0.2, 0.25) is 0 Å². The molecule has 0 saturated heterocycles. The molecule has 1 unspecified atom stereocenters. The zero-order chi connectivity index (χ0) is 18.6. The number of tetrazole rings is 1. The number of benzene rings is 2. The standard InChI is InChI=1S/C19H19N5O2S/c1-26-16-10-6-5-9-15(16)24-19(21-22-23-24)27-17(13-7-3-2-4-8-13)18(25)20-14-11-12-14/h2-10,14,17H,11-12H2,1H3,(H,20,25). The largest absolute Gasteiger partial charge is 0.494 e. The number of methoxy groups -OCH3 is 1. The minimum atomic E-state index is -0.439. The maximum atomic E-state index is 12.9. The van der Waals surface area contributed by atoms with Crippen LogP contribution in [0.3, 0.4) is 0 Å². The first-order valence-electron chi connectivity index (χ1n) is 8.70. The summed E-state index contributed by atoms with van der Waals surface area (Å²) >= 11 is 1.33. The van der Waals surface area contributed by atoms with Gasteiger partial charge in [0.05, 0.1) is 7.11 Å². The van der Waals surface area contributed by atoms with Crippen molar-refractivity contribution in [3.05, 3.63) is 60.2 Å². The van der Waals surface area contributed by atoms with E-state index in [0.717, 1.165) is 24.1 Å². The molecule has 27 heavy (non-hydrogen) atoms. The van der Waals surface area contributed by atoms with Crippen LogP contribution in [-0.4, -0.2) is 39.3 Å². The predicted octanol–water partition coefficient (Wildman–Crippen LogP) is 2.78. The van der Waals surface area contributed by atoms with Crippen molar-refractivity contribution in [2.24, 2.45) is 0 Å².